The molecule has 2 rings (SSSR count). The molecular formula is C15H21Cl2NO. The fourth-order valence-corrected chi connectivity index (χ4v) is 3.35. The van der Waals surface area contributed by atoms with Gasteiger partial charge >= 0.3 is 0 Å². The van der Waals surface area contributed by atoms with Gasteiger partial charge in [0.25, 0.3) is 0 Å². The van der Waals surface area contributed by atoms with Crippen molar-refractivity contribution in [3.05, 3.63) is 33.8 Å². The molecule has 1 aliphatic rings. The van der Waals surface area contributed by atoms with Crippen LogP contribution in [0, 0.1) is 5.92 Å². The topological polar surface area (TPSA) is 23.5 Å². The highest BCUT2D eigenvalue weighted by Crippen LogP contribution is 2.43. The van der Waals surface area contributed by atoms with Gasteiger partial charge in [0.1, 0.15) is 0 Å². The summed E-state index contributed by atoms with van der Waals surface area (Å²) in [6, 6.07) is 5.50. The average molecular weight is 302 g/mol. The summed E-state index contributed by atoms with van der Waals surface area (Å²) in [5.74, 6) is 0.244. The Morgan fingerprint density at radius 3 is 2.63 bits per heavy atom. The minimum atomic E-state index is -0.781. The first-order valence-corrected chi connectivity index (χ1v) is 7.51. The maximum absolute atomic E-state index is 11.1. The SMILES string of the molecule is CN(C)CC1CCCC[C@@]1(O)c1ccc(Cl)c(Cl)c1. The fourth-order valence-electron chi connectivity index (χ4n) is 3.06. The van der Waals surface area contributed by atoms with Crippen molar-refractivity contribution in [2.75, 3.05) is 20.6 Å². The van der Waals surface area contributed by atoms with Crippen molar-refractivity contribution in [3.63, 3.8) is 0 Å². The summed E-state index contributed by atoms with van der Waals surface area (Å²) in [5, 5.41) is 12.2. The van der Waals surface area contributed by atoms with Gasteiger partial charge in [-0.1, -0.05) is 42.1 Å². The van der Waals surface area contributed by atoms with E-state index in [1.165, 1.54) is 6.42 Å². The van der Waals surface area contributed by atoms with Crippen LogP contribution < -0.4 is 0 Å². The molecule has 1 aliphatic carbocycles. The van der Waals surface area contributed by atoms with E-state index in [9.17, 15) is 5.11 Å². The smallest absolute Gasteiger partial charge is 0.0937 e. The van der Waals surface area contributed by atoms with Crippen LogP contribution in [-0.4, -0.2) is 30.6 Å². The summed E-state index contributed by atoms with van der Waals surface area (Å²) in [4.78, 5) is 2.14. The van der Waals surface area contributed by atoms with Crippen molar-refractivity contribution in [2.45, 2.75) is 31.3 Å². The van der Waals surface area contributed by atoms with Gasteiger partial charge < -0.3 is 10.0 Å². The molecule has 1 fully saturated rings. The lowest BCUT2D eigenvalue weighted by Crippen LogP contribution is -2.43. The van der Waals surface area contributed by atoms with Crippen LogP contribution in [-0.2, 0) is 5.60 Å². The predicted octanol–water partition coefficient (Wildman–Crippen LogP) is 3.93. The Bertz CT molecular complexity index is 450. The molecule has 0 heterocycles. The minimum absolute atomic E-state index is 0.244. The number of rotatable bonds is 3. The van der Waals surface area contributed by atoms with Gasteiger partial charge in [0.05, 0.1) is 15.6 Å². The van der Waals surface area contributed by atoms with Gasteiger partial charge in [0, 0.05) is 12.5 Å². The lowest BCUT2D eigenvalue weighted by molar-refractivity contribution is -0.0618. The molecule has 2 nitrogen and oxygen atoms in total. The molecule has 0 bridgehead atoms. The van der Waals surface area contributed by atoms with Gasteiger partial charge in [-0.3, -0.25) is 0 Å². The molecule has 0 aliphatic heterocycles. The average Bonchev–Trinajstić information content (AvgIpc) is 2.35. The normalized spacial score (nSPS) is 27.8. The standard InChI is InChI=1S/C15H21Cl2NO/c1-18(2)10-12-5-3-4-8-15(12,19)11-6-7-13(16)14(17)9-11/h6-7,9,12,19H,3-5,8,10H2,1-2H3/t12?,15-/m1/s1. The van der Waals surface area contributed by atoms with Crippen LogP contribution in [0.1, 0.15) is 31.2 Å². The quantitative estimate of drug-likeness (QED) is 0.914. The Balaban J connectivity index is 2.33. The van der Waals surface area contributed by atoms with Crippen molar-refractivity contribution in [1.82, 2.24) is 4.90 Å². The highest BCUT2D eigenvalue weighted by atomic mass is 35.5. The molecule has 1 aromatic rings. The van der Waals surface area contributed by atoms with Crippen molar-refractivity contribution >= 4 is 23.2 Å². The largest absolute Gasteiger partial charge is 0.385 e. The number of halogens is 2. The van der Waals surface area contributed by atoms with Crippen LogP contribution in [0.2, 0.25) is 10.0 Å². The van der Waals surface area contributed by atoms with E-state index in [-0.39, 0.29) is 5.92 Å². The zero-order valence-corrected chi connectivity index (χ0v) is 13.0. The molecule has 1 unspecified atom stereocenters. The number of aliphatic hydroxyl groups is 1. The maximum atomic E-state index is 11.1. The molecular weight excluding hydrogens is 281 g/mol. The molecule has 0 radical (unpaired) electrons. The molecule has 0 aromatic heterocycles. The summed E-state index contributed by atoms with van der Waals surface area (Å²) >= 11 is 12.1. The molecule has 0 spiro atoms. The van der Waals surface area contributed by atoms with E-state index in [2.05, 4.69) is 4.90 Å². The van der Waals surface area contributed by atoms with Gasteiger partial charge in [-0.25, -0.2) is 0 Å². The molecule has 0 amide bonds. The number of nitrogens with zero attached hydrogens (tertiary/aromatic N) is 1. The summed E-state index contributed by atoms with van der Waals surface area (Å²) in [7, 11) is 4.09. The van der Waals surface area contributed by atoms with Gasteiger partial charge in [0.15, 0.2) is 0 Å². The van der Waals surface area contributed by atoms with Gasteiger partial charge in [-0.2, -0.15) is 0 Å². The zero-order chi connectivity index (χ0) is 14.0. The first kappa shape index (κ1) is 15.1. The van der Waals surface area contributed by atoms with Crippen molar-refractivity contribution in [2.24, 2.45) is 5.92 Å². The highest BCUT2D eigenvalue weighted by Gasteiger charge is 2.40. The lowest BCUT2D eigenvalue weighted by atomic mass is 9.71. The molecule has 0 saturated heterocycles. The second-order valence-corrected chi connectivity index (χ2v) is 6.57. The molecule has 1 N–H and O–H groups in total. The van der Waals surface area contributed by atoms with E-state index in [0.29, 0.717) is 10.0 Å². The number of hydrogen-bond acceptors (Lipinski definition) is 2. The van der Waals surface area contributed by atoms with Crippen LogP contribution >= 0.6 is 23.2 Å². The minimum Gasteiger partial charge on any atom is -0.385 e. The van der Waals surface area contributed by atoms with E-state index in [4.69, 9.17) is 23.2 Å². The first-order chi connectivity index (χ1) is 8.93. The third-order valence-corrected chi connectivity index (χ3v) is 4.78. The monoisotopic (exact) mass is 301 g/mol. The molecule has 1 aromatic carbocycles. The number of hydrogen-bond donors (Lipinski definition) is 1. The summed E-state index contributed by atoms with van der Waals surface area (Å²) in [6.07, 6.45) is 4.08. The highest BCUT2D eigenvalue weighted by molar-refractivity contribution is 6.42. The van der Waals surface area contributed by atoms with Crippen molar-refractivity contribution in [1.29, 1.82) is 0 Å². The van der Waals surface area contributed by atoms with Crippen LogP contribution in [0.3, 0.4) is 0 Å². The molecule has 1 saturated carbocycles. The fraction of sp³-hybridized carbons (Fsp3) is 0.600. The van der Waals surface area contributed by atoms with E-state index in [0.717, 1.165) is 31.4 Å². The van der Waals surface area contributed by atoms with Crippen LogP contribution in [0.4, 0.5) is 0 Å². The van der Waals surface area contributed by atoms with Crippen LogP contribution in [0.5, 0.6) is 0 Å². The summed E-state index contributed by atoms with van der Waals surface area (Å²) < 4.78 is 0. The lowest BCUT2D eigenvalue weighted by Gasteiger charge is -2.41. The Morgan fingerprint density at radius 1 is 1.26 bits per heavy atom. The van der Waals surface area contributed by atoms with Gasteiger partial charge in [0.2, 0.25) is 0 Å². The van der Waals surface area contributed by atoms with Crippen molar-refractivity contribution in [3.8, 4) is 0 Å². The summed E-state index contributed by atoms with van der Waals surface area (Å²) in [6.45, 7) is 0.886. The predicted molar refractivity (Wildman–Crippen MR) is 80.9 cm³/mol. The van der Waals surface area contributed by atoms with E-state index in [1.54, 1.807) is 6.07 Å². The van der Waals surface area contributed by atoms with Crippen LogP contribution in [0.25, 0.3) is 0 Å². The van der Waals surface area contributed by atoms with E-state index < -0.39 is 5.60 Å². The van der Waals surface area contributed by atoms with Gasteiger partial charge in [-0.15, -0.1) is 0 Å². The Hall–Kier alpha value is -0.280. The van der Waals surface area contributed by atoms with Crippen LogP contribution in [0.15, 0.2) is 18.2 Å². The summed E-state index contributed by atoms with van der Waals surface area (Å²) in [5.41, 5.74) is 0.116. The molecule has 106 valence electrons. The molecule has 19 heavy (non-hydrogen) atoms. The Labute approximate surface area is 125 Å². The van der Waals surface area contributed by atoms with Gasteiger partial charge in [-0.05, 0) is 44.6 Å². The third-order valence-electron chi connectivity index (χ3n) is 4.04. The second kappa shape index (κ2) is 6.01. The van der Waals surface area contributed by atoms with E-state index in [1.807, 2.05) is 26.2 Å². The molecule has 2 atom stereocenters. The Morgan fingerprint density at radius 2 is 2.00 bits per heavy atom. The maximum Gasteiger partial charge on any atom is 0.0937 e. The molecule has 4 heteroatoms. The third kappa shape index (κ3) is 3.25. The first-order valence-electron chi connectivity index (χ1n) is 6.76. The second-order valence-electron chi connectivity index (χ2n) is 5.76. The van der Waals surface area contributed by atoms with Crippen molar-refractivity contribution < 1.29 is 5.11 Å². The Kier molecular flexibility index (Phi) is 4.78. The zero-order valence-electron chi connectivity index (χ0n) is 11.5. The number of benzene rings is 1. The van der Waals surface area contributed by atoms with E-state index >= 15 is 0 Å².